The Hall–Kier alpha value is -2.22. The number of halogens is 3. The second kappa shape index (κ2) is 5.41. The first-order chi connectivity index (χ1) is 9.41. The van der Waals surface area contributed by atoms with E-state index in [1.165, 1.54) is 31.4 Å². The number of carbonyl (C=O) groups is 1. The average Bonchev–Trinajstić information content (AvgIpc) is 2.89. The van der Waals surface area contributed by atoms with Gasteiger partial charge in [-0.2, -0.15) is 18.2 Å². The van der Waals surface area contributed by atoms with Gasteiger partial charge in [0.15, 0.2) is 5.78 Å². The zero-order chi connectivity index (χ0) is 14.8. The normalized spacial score (nSPS) is 11.6. The smallest absolute Gasteiger partial charge is 0.377 e. The Morgan fingerprint density at radius 2 is 1.95 bits per heavy atom. The van der Waals surface area contributed by atoms with Crippen LogP contribution in [0.2, 0.25) is 0 Å². The number of aromatic nitrogens is 2. The maximum atomic E-state index is 12.3. The lowest BCUT2D eigenvalue weighted by Gasteiger charge is -2.00. The van der Waals surface area contributed by atoms with E-state index >= 15 is 0 Å². The van der Waals surface area contributed by atoms with Crippen LogP contribution in [-0.2, 0) is 10.9 Å². The molecule has 0 radical (unpaired) electrons. The van der Waals surface area contributed by atoms with E-state index in [9.17, 15) is 18.0 Å². The molecule has 5 nitrogen and oxygen atoms in total. The number of alkyl halides is 3. The Morgan fingerprint density at radius 1 is 1.30 bits per heavy atom. The van der Waals surface area contributed by atoms with Gasteiger partial charge in [0.25, 0.3) is 0 Å². The van der Waals surface area contributed by atoms with Crippen molar-refractivity contribution in [2.45, 2.75) is 6.18 Å². The Labute approximate surface area is 111 Å². The summed E-state index contributed by atoms with van der Waals surface area (Å²) in [6, 6.07) is 5.79. The van der Waals surface area contributed by atoms with Crippen LogP contribution in [0.5, 0.6) is 0 Å². The fourth-order valence-corrected chi connectivity index (χ4v) is 1.48. The molecule has 20 heavy (non-hydrogen) atoms. The second-order valence-corrected chi connectivity index (χ2v) is 3.85. The van der Waals surface area contributed by atoms with Crippen LogP contribution in [0.25, 0.3) is 11.4 Å². The number of hydrogen-bond donors (Lipinski definition) is 0. The molecule has 1 aromatic heterocycles. The summed E-state index contributed by atoms with van der Waals surface area (Å²) >= 11 is 0. The fraction of sp³-hybridized carbons (Fsp3) is 0.250. The van der Waals surface area contributed by atoms with E-state index in [1.54, 1.807) is 0 Å². The summed E-state index contributed by atoms with van der Waals surface area (Å²) in [7, 11) is 1.39. The van der Waals surface area contributed by atoms with Crippen LogP contribution in [0.1, 0.15) is 16.2 Å². The first-order valence-corrected chi connectivity index (χ1v) is 5.45. The van der Waals surface area contributed by atoms with Crippen molar-refractivity contribution >= 4 is 5.78 Å². The fourth-order valence-electron chi connectivity index (χ4n) is 1.48. The number of Topliss-reactive ketones (excluding diaryl/α,β-unsaturated/α-hetero) is 1. The third kappa shape index (κ3) is 3.02. The molecule has 0 aliphatic carbocycles. The highest BCUT2D eigenvalue weighted by atomic mass is 19.4. The molecule has 0 N–H and O–H groups in total. The molecule has 0 saturated heterocycles. The predicted octanol–water partition coefficient (Wildman–Crippen LogP) is 2.58. The number of benzene rings is 1. The molecule has 106 valence electrons. The molecule has 0 amide bonds. The summed E-state index contributed by atoms with van der Waals surface area (Å²) < 4.78 is 45.8. The van der Waals surface area contributed by atoms with Gasteiger partial charge in [-0.15, -0.1) is 0 Å². The van der Waals surface area contributed by atoms with Gasteiger partial charge in [-0.25, -0.2) is 0 Å². The lowest BCUT2D eigenvalue weighted by molar-refractivity contribution is -0.159. The molecule has 2 aromatic rings. The van der Waals surface area contributed by atoms with Gasteiger partial charge in [0.1, 0.15) is 6.61 Å². The van der Waals surface area contributed by atoms with Crippen molar-refractivity contribution in [3.8, 4) is 11.4 Å². The van der Waals surface area contributed by atoms with Gasteiger partial charge in [0.05, 0.1) is 0 Å². The van der Waals surface area contributed by atoms with Gasteiger partial charge >= 0.3 is 12.1 Å². The van der Waals surface area contributed by atoms with Gasteiger partial charge < -0.3 is 9.26 Å². The molecule has 0 bridgehead atoms. The van der Waals surface area contributed by atoms with Crippen LogP contribution in [0.3, 0.4) is 0 Å². The number of ether oxygens (including phenoxy) is 1. The number of methoxy groups -OCH3 is 1. The van der Waals surface area contributed by atoms with Crippen LogP contribution in [0.15, 0.2) is 28.8 Å². The van der Waals surface area contributed by atoms with Gasteiger partial charge in [0.2, 0.25) is 5.82 Å². The Bertz CT molecular complexity index is 605. The zero-order valence-corrected chi connectivity index (χ0v) is 10.3. The van der Waals surface area contributed by atoms with E-state index in [1.807, 2.05) is 0 Å². The minimum atomic E-state index is -4.68. The third-order valence-corrected chi connectivity index (χ3v) is 2.41. The summed E-state index contributed by atoms with van der Waals surface area (Å²) in [5.41, 5.74) is 0.702. The highest BCUT2D eigenvalue weighted by Crippen LogP contribution is 2.29. The highest BCUT2D eigenvalue weighted by molar-refractivity contribution is 5.97. The van der Waals surface area contributed by atoms with Crippen LogP contribution >= 0.6 is 0 Å². The van der Waals surface area contributed by atoms with Crippen LogP contribution in [-0.4, -0.2) is 29.6 Å². The van der Waals surface area contributed by atoms with E-state index in [2.05, 4.69) is 14.7 Å². The Morgan fingerprint density at radius 3 is 2.45 bits per heavy atom. The molecular formula is C12H9F3N2O3. The lowest BCUT2D eigenvalue weighted by atomic mass is 10.1. The molecule has 0 spiro atoms. The lowest BCUT2D eigenvalue weighted by Crippen LogP contribution is -2.06. The molecule has 0 unspecified atom stereocenters. The van der Waals surface area contributed by atoms with E-state index < -0.39 is 12.1 Å². The van der Waals surface area contributed by atoms with Crippen molar-refractivity contribution in [2.75, 3.05) is 13.7 Å². The summed E-state index contributed by atoms with van der Waals surface area (Å²) in [6.07, 6.45) is -4.68. The van der Waals surface area contributed by atoms with Crippen molar-refractivity contribution in [3.63, 3.8) is 0 Å². The standard InChI is InChI=1S/C12H9F3N2O3/c1-19-6-9(18)7-2-4-8(5-3-7)10-16-11(20-17-10)12(13,14)15/h2-5H,6H2,1H3. The topological polar surface area (TPSA) is 65.2 Å². The molecule has 0 atom stereocenters. The number of rotatable bonds is 4. The molecule has 1 heterocycles. The number of nitrogens with zero attached hydrogens (tertiary/aromatic N) is 2. The van der Waals surface area contributed by atoms with Gasteiger partial charge in [-0.1, -0.05) is 29.4 Å². The molecule has 0 aliphatic rings. The van der Waals surface area contributed by atoms with E-state index in [4.69, 9.17) is 4.74 Å². The SMILES string of the molecule is COCC(=O)c1ccc(-c2noc(C(F)(F)F)n2)cc1. The molecular weight excluding hydrogens is 277 g/mol. The average molecular weight is 286 g/mol. The Kier molecular flexibility index (Phi) is 3.84. The van der Waals surface area contributed by atoms with E-state index in [0.717, 1.165) is 0 Å². The number of ketones is 1. The third-order valence-electron chi connectivity index (χ3n) is 2.41. The molecule has 8 heteroatoms. The van der Waals surface area contributed by atoms with E-state index in [0.29, 0.717) is 11.1 Å². The molecule has 2 rings (SSSR count). The number of carbonyl (C=O) groups excluding carboxylic acids is 1. The van der Waals surface area contributed by atoms with E-state index in [-0.39, 0.29) is 18.2 Å². The maximum Gasteiger partial charge on any atom is 0.471 e. The summed E-state index contributed by atoms with van der Waals surface area (Å²) in [5.74, 6) is -1.83. The molecule has 0 saturated carbocycles. The maximum absolute atomic E-state index is 12.3. The minimum Gasteiger partial charge on any atom is -0.377 e. The van der Waals surface area contributed by atoms with Crippen molar-refractivity contribution < 1.29 is 27.2 Å². The second-order valence-electron chi connectivity index (χ2n) is 3.85. The molecule has 1 aromatic carbocycles. The summed E-state index contributed by atoms with van der Waals surface area (Å²) in [6.45, 7) is -0.0697. The quantitative estimate of drug-likeness (QED) is 0.808. The first-order valence-electron chi connectivity index (χ1n) is 5.45. The Balaban J connectivity index is 2.22. The van der Waals surface area contributed by atoms with Crippen molar-refractivity contribution in [1.82, 2.24) is 10.1 Å². The van der Waals surface area contributed by atoms with Gasteiger partial charge in [-0.05, 0) is 0 Å². The van der Waals surface area contributed by atoms with Crippen molar-refractivity contribution in [3.05, 3.63) is 35.7 Å². The summed E-state index contributed by atoms with van der Waals surface area (Å²) in [5, 5.41) is 3.25. The van der Waals surface area contributed by atoms with Crippen molar-refractivity contribution in [1.29, 1.82) is 0 Å². The van der Waals surface area contributed by atoms with Crippen LogP contribution in [0, 0.1) is 0 Å². The first kappa shape index (κ1) is 14.2. The molecule has 0 fully saturated rings. The minimum absolute atomic E-state index is 0.0697. The summed E-state index contributed by atoms with van der Waals surface area (Å²) in [4.78, 5) is 14.8. The predicted molar refractivity (Wildman–Crippen MR) is 60.9 cm³/mol. The monoisotopic (exact) mass is 286 g/mol. The van der Waals surface area contributed by atoms with Gasteiger partial charge in [-0.3, -0.25) is 4.79 Å². The van der Waals surface area contributed by atoms with Crippen LogP contribution < -0.4 is 0 Å². The van der Waals surface area contributed by atoms with Gasteiger partial charge in [0, 0.05) is 18.2 Å². The van der Waals surface area contributed by atoms with Crippen LogP contribution in [0.4, 0.5) is 13.2 Å². The zero-order valence-electron chi connectivity index (χ0n) is 10.3. The highest BCUT2D eigenvalue weighted by Gasteiger charge is 2.38. The van der Waals surface area contributed by atoms with Crippen molar-refractivity contribution in [2.24, 2.45) is 0 Å². The number of hydrogen-bond acceptors (Lipinski definition) is 5. The molecule has 0 aliphatic heterocycles. The largest absolute Gasteiger partial charge is 0.471 e.